The lowest BCUT2D eigenvalue weighted by molar-refractivity contribution is -0.119. The van der Waals surface area contributed by atoms with Gasteiger partial charge >= 0.3 is 0 Å². The molecule has 116 valence electrons. The van der Waals surface area contributed by atoms with Gasteiger partial charge in [0.15, 0.2) is 5.82 Å². The van der Waals surface area contributed by atoms with E-state index < -0.39 is 0 Å². The van der Waals surface area contributed by atoms with Crippen molar-refractivity contribution in [3.8, 4) is 11.4 Å². The van der Waals surface area contributed by atoms with Gasteiger partial charge in [-0.3, -0.25) is 4.79 Å². The number of carbonyl (C=O) groups is 1. The van der Waals surface area contributed by atoms with Crippen molar-refractivity contribution in [3.63, 3.8) is 0 Å². The van der Waals surface area contributed by atoms with E-state index in [-0.39, 0.29) is 12.5 Å². The zero-order chi connectivity index (χ0) is 15.4. The molecule has 0 saturated heterocycles. The van der Waals surface area contributed by atoms with Gasteiger partial charge in [-0.2, -0.15) is 0 Å². The monoisotopic (exact) mass is 300 g/mol. The summed E-state index contributed by atoms with van der Waals surface area (Å²) in [6, 6.07) is 7.68. The van der Waals surface area contributed by atoms with Crippen LogP contribution in [0.25, 0.3) is 11.4 Å². The number of carbonyl (C=O) groups excluding carboxylic acids is 1. The summed E-state index contributed by atoms with van der Waals surface area (Å²) >= 11 is 0. The molecule has 1 aliphatic rings. The van der Waals surface area contributed by atoms with Crippen molar-refractivity contribution in [1.82, 2.24) is 14.8 Å². The molecule has 1 aromatic heterocycles. The second kappa shape index (κ2) is 6.70. The Kier molecular flexibility index (Phi) is 4.48. The highest BCUT2D eigenvalue weighted by atomic mass is 16.5. The van der Waals surface area contributed by atoms with E-state index in [0.717, 1.165) is 35.9 Å². The molecular weight excluding hydrogens is 280 g/mol. The Morgan fingerprint density at radius 3 is 2.82 bits per heavy atom. The molecule has 1 aliphatic heterocycles. The van der Waals surface area contributed by atoms with Gasteiger partial charge in [0.25, 0.3) is 0 Å². The number of aromatic nitrogens is 3. The van der Waals surface area contributed by atoms with Crippen LogP contribution in [0.4, 0.5) is 5.69 Å². The molecule has 0 atom stereocenters. The number of ether oxygens (including phenoxy) is 1. The summed E-state index contributed by atoms with van der Waals surface area (Å²) in [4.78, 5) is 11.5. The summed E-state index contributed by atoms with van der Waals surface area (Å²) in [6.07, 6.45) is 4.59. The first-order valence-electron chi connectivity index (χ1n) is 7.59. The topological polar surface area (TPSA) is 69.0 Å². The van der Waals surface area contributed by atoms with Crippen LogP contribution in [0.2, 0.25) is 0 Å². The number of aryl methyl sites for hydroxylation is 1. The molecular formula is C16H20N4O2. The second-order valence-electron chi connectivity index (χ2n) is 5.46. The van der Waals surface area contributed by atoms with Gasteiger partial charge in [0.05, 0.1) is 0 Å². The normalized spacial score (nSPS) is 14.2. The van der Waals surface area contributed by atoms with Gasteiger partial charge in [0.1, 0.15) is 12.4 Å². The Labute approximate surface area is 129 Å². The average Bonchev–Trinajstić information content (AvgIpc) is 2.77. The zero-order valence-corrected chi connectivity index (χ0v) is 12.7. The van der Waals surface area contributed by atoms with Gasteiger partial charge in [-0.05, 0) is 37.1 Å². The van der Waals surface area contributed by atoms with Crippen LogP contribution < -0.4 is 5.32 Å². The number of hydrogen-bond donors (Lipinski definition) is 1. The fourth-order valence-corrected chi connectivity index (χ4v) is 2.73. The zero-order valence-electron chi connectivity index (χ0n) is 12.7. The third-order valence-corrected chi connectivity index (χ3v) is 3.81. The van der Waals surface area contributed by atoms with Crippen LogP contribution in [0.1, 0.15) is 25.1 Å². The molecule has 0 fully saturated rings. The Morgan fingerprint density at radius 1 is 1.23 bits per heavy atom. The fourth-order valence-electron chi connectivity index (χ4n) is 2.73. The van der Waals surface area contributed by atoms with Gasteiger partial charge in [-0.25, -0.2) is 0 Å². The van der Waals surface area contributed by atoms with Crippen molar-refractivity contribution in [2.75, 3.05) is 19.0 Å². The van der Waals surface area contributed by atoms with Crippen LogP contribution in [0.15, 0.2) is 24.3 Å². The molecule has 0 saturated carbocycles. The van der Waals surface area contributed by atoms with E-state index in [1.165, 1.54) is 26.4 Å². The number of rotatable bonds is 4. The number of fused-ring (bicyclic) bond motifs is 1. The standard InChI is InChI=1S/C16H20N4O2/c1-22-11-15(21)17-13-8-6-12(7-9-13)16-19-18-14-5-3-2-4-10-20(14)16/h6-9H,2-5,10-11H2,1H3,(H,17,21). The predicted octanol–water partition coefficient (Wildman–Crippen LogP) is 2.26. The molecule has 6 heteroatoms. The quantitative estimate of drug-likeness (QED) is 0.940. The van der Waals surface area contributed by atoms with Crippen LogP contribution in [0.3, 0.4) is 0 Å². The first-order valence-corrected chi connectivity index (χ1v) is 7.59. The number of benzene rings is 1. The molecule has 0 unspecified atom stereocenters. The smallest absolute Gasteiger partial charge is 0.250 e. The van der Waals surface area contributed by atoms with E-state index in [2.05, 4.69) is 20.1 Å². The molecule has 22 heavy (non-hydrogen) atoms. The van der Waals surface area contributed by atoms with Crippen molar-refractivity contribution in [2.45, 2.75) is 32.2 Å². The third kappa shape index (κ3) is 3.17. The number of nitrogens with zero attached hydrogens (tertiary/aromatic N) is 3. The van der Waals surface area contributed by atoms with Crippen LogP contribution in [0.5, 0.6) is 0 Å². The van der Waals surface area contributed by atoms with Gasteiger partial charge in [-0.1, -0.05) is 6.42 Å². The number of nitrogens with one attached hydrogen (secondary N) is 1. The average molecular weight is 300 g/mol. The van der Waals surface area contributed by atoms with Crippen molar-refractivity contribution >= 4 is 11.6 Å². The van der Waals surface area contributed by atoms with Gasteiger partial charge in [0, 0.05) is 31.3 Å². The number of methoxy groups -OCH3 is 1. The Balaban J connectivity index is 1.78. The van der Waals surface area contributed by atoms with Gasteiger partial charge < -0.3 is 14.6 Å². The van der Waals surface area contributed by atoms with Crippen molar-refractivity contribution < 1.29 is 9.53 Å². The Bertz CT molecular complexity index is 649. The summed E-state index contributed by atoms with van der Waals surface area (Å²) in [6.45, 7) is 1.03. The molecule has 3 rings (SSSR count). The highest BCUT2D eigenvalue weighted by Gasteiger charge is 2.15. The molecule has 1 N–H and O–H groups in total. The Morgan fingerprint density at radius 2 is 2.05 bits per heavy atom. The molecule has 0 bridgehead atoms. The van der Waals surface area contributed by atoms with Crippen LogP contribution >= 0.6 is 0 Å². The number of hydrogen-bond acceptors (Lipinski definition) is 4. The summed E-state index contributed by atoms with van der Waals surface area (Å²) in [5.41, 5.74) is 1.77. The Hall–Kier alpha value is -2.21. The molecule has 1 amide bonds. The third-order valence-electron chi connectivity index (χ3n) is 3.81. The van der Waals surface area contributed by atoms with E-state index in [9.17, 15) is 4.79 Å². The molecule has 1 aromatic carbocycles. The summed E-state index contributed by atoms with van der Waals surface area (Å²) in [7, 11) is 1.50. The second-order valence-corrected chi connectivity index (χ2v) is 5.46. The minimum absolute atomic E-state index is 0.0550. The predicted molar refractivity (Wildman–Crippen MR) is 83.5 cm³/mol. The molecule has 2 heterocycles. The van der Waals surface area contributed by atoms with Gasteiger partial charge in [-0.15, -0.1) is 10.2 Å². The number of amides is 1. The van der Waals surface area contributed by atoms with Crippen molar-refractivity contribution in [3.05, 3.63) is 30.1 Å². The first-order chi connectivity index (χ1) is 10.8. The molecule has 2 aromatic rings. The molecule has 0 aliphatic carbocycles. The lowest BCUT2D eigenvalue weighted by Crippen LogP contribution is -2.16. The summed E-state index contributed by atoms with van der Waals surface area (Å²) < 4.78 is 7.01. The molecule has 0 radical (unpaired) electrons. The van der Waals surface area contributed by atoms with E-state index in [4.69, 9.17) is 4.74 Å². The van der Waals surface area contributed by atoms with Crippen LogP contribution in [-0.4, -0.2) is 34.4 Å². The van der Waals surface area contributed by atoms with Crippen LogP contribution in [-0.2, 0) is 22.5 Å². The first kappa shape index (κ1) is 14.7. The summed E-state index contributed by atoms with van der Waals surface area (Å²) in [5.74, 6) is 1.82. The van der Waals surface area contributed by atoms with E-state index >= 15 is 0 Å². The SMILES string of the molecule is COCC(=O)Nc1ccc(-c2nnc3n2CCCCC3)cc1. The number of anilines is 1. The maximum atomic E-state index is 11.5. The van der Waals surface area contributed by atoms with Gasteiger partial charge in [0.2, 0.25) is 5.91 Å². The summed E-state index contributed by atoms with van der Waals surface area (Å²) in [5, 5.41) is 11.4. The van der Waals surface area contributed by atoms with Crippen molar-refractivity contribution in [2.24, 2.45) is 0 Å². The minimum atomic E-state index is -0.161. The maximum Gasteiger partial charge on any atom is 0.250 e. The highest BCUT2D eigenvalue weighted by molar-refractivity contribution is 5.91. The lowest BCUT2D eigenvalue weighted by Gasteiger charge is -2.08. The largest absolute Gasteiger partial charge is 0.375 e. The highest BCUT2D eigenvalue weighted by Crippen LogP contribution is 2.23. The van der Waals surface area contributed by atoms with Crippen LogP contribution in [0, 0.1) is 0 Å². The van der Waals surface area contributed by atoms with Crippen molar-refractivity contribution in [1.29, 1.82) is 0 Å². The fraction of sp³-hybridized carbons (Fsp3) is 0.438. The lowest BCUT2D eigenvalue weighted by atomic mass is 10.2. The maximum absolute atomic E-state index is 11.5. The molecule has 6 nitrogen and oxygen atoms in total. The molecule has 0 spiro atoms. The van der Waals surface area contributed by atoms with E-state index in [1.807, 2.05) is 24.3 Å². The van der Waals surface area contributed by atoms with E-state index in [1.54, 1.807) is 0 Å². The minimum Gasteiger partial charge on any atom is -0.375 e. The van der Waals surface area contributed by atoms with E-state index in [0.29, 0.717) is 0 Å².